The molecule has 0 unspecified atom stereocenters. The first-order valence-corrected chi connectivity index (χ1v) is 9.01. The van der Waals surface area contributed by atoms with E-state index in [2.05, 4.69) is 6.92 Å². The Bertz CT molecular complexity index is 542. The first-order chi connectivity index (χ1) is 9.36. The van der Waals surface area contributed by atoms with Crippen molar-refractivity contribution in [2.75, 3.05) is 0 Å². The van der Waals surface area contributed by atoms with Crippen molar-refractivity contribution < 1.29 is 13.0 Å². The molecule has 114 valence electrons. The normalized spacial score (nSPS) is 11.8. The molecule has 1 N–H and O–H groups in total. The molecule has 0 heterocycles. The molecule has 0 fully saturated rings. The van der Waals surface area contributed by atoms with Gasteiger partial charge in [-0.15, -0.1) is 0 Å². The van der Waals surface area contributed by atoms with E-state index in [1.54, 1.807) is 0 Å². The largest absolute Gasteiger partial charge is 0.294 e. The summed E-state index contributed by atoms with van der Waals surface area (Å²) in [5.74, 6) is 0. The van der Waals surface area contributed by atoms with E-state index in [-0.39, 0.29) is 9.92 Å². The second-order valence-corrected chi connectivity index (χ2v) is 7.09. The summed E-state index contributed by atoms with van der Waals surface area (Å²) in [4.78, 5) is -0.177. The number of rotatable bonds is 8. The van der Waals surface area contributed by atoms with Crippen molar-refractivity contribution >= 4 is 33.3 Å². The van der Waals surface area contributed by atoms with Gasteiger partial charge in [0.05, 0.1) is 0 Å². The third kappa shape index (κ3) is 5.60. The van der Waals surface area contributed by atoms with Crippen LogP contribution in [0.2, 0.25) is 10.0 Å². The predicted octanol–water partition coefficient (Wildman–Crippen LogP) is 5.14. The van der Waals surface area contributed by atoms with E-state index in [4.69, 9.17) is 23.2 Å². The Morgan fingerprint density at radius 3 is 2.25 bits per heavy atom. The van der Waals surface area contributed by atoms with Crippen molar-refractivity contribution in [2.45, 2.75) is 56.8 Å². The summed E-state index contributed by atoms with van der Waals surface area (Å²) < 4.78 is 32.0. The summed E-state index contributed by atoms with van der Waals surface area (Å²) in [5, 5.41) is 0.494. The summed E-state index contributed by atoms with van der Waals surface area (Å²) >= 11 is 11.8. The lowest BCUT2D eigenvalue weighted by Gasteiger charge is -2.10. The quantitative estimate of drug-likeness (QED) is 0.527. The number of hydrogen-bond donors (Lipinski definition) is 1. The van der Waals surface area contributed by atoms with Crippen LogP contribution in [0.25, 0.3) is 0 Å². The maximum atomic E-state index is 11.4. The van der Waals surface area contributed by atoms with Gasteiger partial charge in [-0.2, -0.15) is 8.42 Å². The van der Waals surface area contributed by atoms with Gasteiger partial charge in [-0.3, -0.25) is 4.55 Å². The van der Waals surface area contributed by atoms with Crippen molar-refractivity contribution in [2.24, 2.45) is 0 Å². The maximum Gasteiger partial charge on any atom is 0.294 e. The van der Waals surface area contributed by atoms with Crippen molar-refractivity contribution in [3.05, 3.63) is 27.7 Å². The Morgan fingerprint density at radius 2 is 1.65 bits per heavy atom. The number of benzene rings is 1. The van der Waals surface area contributed by atoms with E-state index in [1.807, 2.05) is 0 Å². The van der Waals surface area contributed by atoms with Crippen LogP contribution < -0.4 is 0 Å². The fourth-order valence-electron chi connectivity index (χ4n) is 2.13. The molecule has 0 saturated heterocycles. The van der Waals surface area contributed by atoms with Gasteiger partial charge in [-0.1, -0.05) is 62.2 Å². The molecule has 0 aliphatic rings. The van der Waals surface area contributed by atoms with Crippen LogP contribution in [0.5, 0.6) is 0 Å². The van der Waals surface area contributed by atoms with Crippen molar-refractivity contribution in [1.29, 1.82) is 0 Å². The van der Waals surface area contributed by atoms with E-state index >= 15 is 0 Å². The van der Waals surface area contributed by atoms with Gasteiger partial charge in [0.15, 0.2) is 0 Å². The zero-order valence-corrected chi connectivity index (χ0v) is 13.9. The Balaban J connectivity index is 2.74. The van der Waals surface area contributed by atoms with Gasteiger partial charge in [-0.25, -0.2) is 0 Å². The van der Waals surface area contributed by atoms with E-state index in [0.717, 1.165) is 19.3 Å². The van der Waals surface area contributed by atoms with Crippen molar-refractivity contribution in [3.8, 4) is 0 Å². The minimum atomic E-state index is -4.30. The fraction of sp³-hybridized carbons (Fsp3) is 0.571. The Hall–Kier alpha value is -0.290. The number of hydrogen-bond acceptors (Lipinski definition) is 2. The highest BCUT2D eigenvalue weighted by Crippen LogP contribution is 2.30. The highest BCUT2D eigenvalue weighted by atomic mass is 35.5. The van der Waals surface area contributed by atoms with Crippen LogP contribution in [0.1, 0.15) is 51.0 Å². The third-order valence-electron chi connectivity index (χ3n) is 3.18. The van der Waals surface area contributed by atoms with E-state index in [0.29, 0.717) is 17.0 Å². The molecule has 3 nitrogen and oxygen atoms in total. The first kappa shape index (κ1) is 17.8. The molecule has 0 spiro atoms. The molecule has 0 atom stereocenters. The maximum absolute atomic E-state index is 11.4. The molecule has 0 amide bonds. The van der Waals surface area contributed by atoms with Gasteiger partial charge in [0.2, 0.25) is 0 Å². The second-order valence-electron chi connectivity index (χ2n) is 4.86. The van der Waals surface area contributed by atoms with Crippen LogP contribution in [0.3, 0.4) is 0 Å². The molecular weight excluding hydrogens is 319 g/mol. The van der Waals surface area contributed by atoms with Gasteiger partial charge in [0, 0.05) is 10.0 Å². The summed E-state index contributed by atoms with van der Waals surface area (Å²) in [6, 6.07) is 2.75. The molecule has 6 heteroatoms. The Kier molecular flexibility index (Phi) is 7.30. The second kappa shape index (κ2) is 8.23. The Labute approximate surface area is 131 Å². The monoisotopic (exact) mass is 338 g/mol. The minimum absolute atomic E-state index is 0.177. The summed E-state index contributed by atoms with van der Waals surface area (Å²) in [5.41, 5.74) is 0.453. The topological polar surface area (TPSA) is 54.4 Å². The molecule has 1 aromatic carbocycles. The molecular formula is C14H20Cl2O3S. The first-order valence-electron chi connectivity index (χ1n) is 6.81. The van der Waals surface area contributed by atoms with Crippen LogP contribution in [0, 0.1) is 0 Å². The van der Waals surface area contributed by atoms with Crippen LogP contribution in [-0.2, 0) is 16.5 Å². The van der Waals surface area contributed by atoms with E-state index in [9.17, 15) is 13.0 Å². The smallest absolute Gasteiger partial charge is 0.282 e. The van der Waals surface area contributed by atoms with Gasteiger partial charge in [-0.05, 0) is 30.5 Å². The lowest BCUT2D eigenvalue weighted by Crippen LogP contribution is -2.04. The Morgan fingerprint density at radius 1 is 1.05 bits per heavy atom. The van der Waals surface area contributed by atoms with Gasteiger partial charge in [0.1, 0.15) is 4.90 Å². The lowest BCUT2D eigenvalue weighted by atomic mass is 10.0. The van der Waals surface area contributed by atoms with Gasteiger partial charge < -0.3 is 0 Å². The molecule has 0 saturated carbocycles. The zero-order valence-electron chi connectivity index (χ0n) is 11.5. The van der Waals surface area contributed by atoms with Crippen LogP contribution in [0.4, 0.5) is 0 Å². The summed E-state index contributed by atoms with van der Waals surface area (Å²) in [6.45, 7) is 2.16. The average molecular weight is 339 g/mol. The average Bonchev–Trinajstić information content (AvgIpc) is 2.34. The molecule has 0 aromatic heterocycles. The number of halogens is 2. The van der Waals surface area contributed by atoms with Gasteiger partial charge in [0.25, 0.3) is 10.1 Å². The third-order valence-corrected chi connectivity index (χ3v) is 4.65. The summed E-state index contributed by atoms with van der Waals surface area (Å²) in [7, 11) is -4.30. The molecule has 0 aliphatic carbocycles. The van der Waals surface area contributed by atoms with E-state index < -0.39 is 10.1 Å². The fourth-order valence-corrected chi connectivity index (χ4v) is 3.64. The molecule has 0 aliphatic heterocycles. The molecule has 20 heavy (non-hydrogen) atoms. The highest BCUT2D eigenvalue weighted by Gasteiger charge is 2.18. The minimum Gasteiger partial charge on any atom is -0.282 e. The zero-order chi connectivity index (χ0) is 15.2. The SMILES string of the molecule is CCCCCCCCc1c(Cl)cc(Cl)cc1S(=O)(=O)O. The highest BCUT2D eigenvalue weighted by molar-refractivity contribution is 7.85. The summed E-state index contributed by atoms with van der Waals surface area (Å²) in [6.07, 6.45) is 7.11. The van der Waals surface area contributed by atoms with Gasteiger partial charge >= 0.3 is 0 Å². The molecule has 0 radical (unpaired) electrons. The standard InChI is InChI=1S/C14H20Cl2O3S/c1-2-3-4-5-6-7-8-12-13(16)9-11(15)10-14(12)20(17,18)19/h9-10H,2-8H2,1H3,(H,17,18,19). The van der Waals surface area contributed by atoms with Crippen LogP contribution in [-0.4, -0.2) is 13.0 Å². The van der Waals surface area contributed by atoms with Crippen molar-refractivity contribution in [1.82, 2.24) is 0 Å². The van der Waals surface area contributed by atoms with Crippen LogP contribution in [0.15, 0.2) is 17.0 Å². The van der Waals surface area contributed by atoms with E-state index in [1.165, 1.54) is 31.4 Å². The molecule has 1 aromatic rings. The number of unbranched alkanes of at least 4 members (excludes halogenated alkanes) is 5. The molecule has 1 rings (SSSR count). The van der Waals surface area contributed by atoms with Crippen molar-refractivity contribution in [3.63, 3.8) is 0 Å². The molecule has 0 bridgehead atoms. The van der Waals surface area contributed by atoms with Crippen LogP contribution >= 0.6 is 23.2 Å². The predicted molar refractivity (Wildman–Crippen MR) is 83.4 cm³/mol. The lowest BCUT2D eigenvalue weighted by molar-refractivity contribution is 0.481.